The molecule has 0 spiro atoms. The van der Waals surface area contributed by atoms with Gasteiger partial charge in [0.1, 0.15) is 18.2 Å². The van der Waals surface area contributed by atoms with Gasteiger partial charge in [0.05, 0.1) is 18.4 Å². The van der Waals surface area contributed by atoms with Gasteiger partial charge >= 0.3 is 0 Å². The lowest BCUT2D eigenvalue weighted by molar-refractivity contribution is 0.462. The molecule has 0 aliphatic carbocycles. The number of rotatable bonds is 8. The maximum absolute atomic E-state index is 4.82. The summed E-state index contributed by atoms with van der Waals surface area (Å²) in [5.41, 5.74) is 2.13. The first-order valence-corrected chi connectivity index (χ1v) is 11.4. The molecule has 0 radical (unpaired) electrons. The Morgan fingerprint density at radius 2 is 2.00 bits per heavy atom. The quantitative estimate of drug-likeness (QED) is 0.188. The minimum atomic E-state index is 0. The number of aryl methyl sites for hydroxylation is 1. The molecule has 0 bridgehead atoms. The molecule has 0 fully saturated rings. The van der Waals surface area contributed by atoms with Crippen LogP contribution < -0.4 is 5.32 Å². The van der Waals surface area contributed by atoms with Gasteiger partial charge < -0.3 is 19.8 Å². The third-order valence-corrected chi connectivity index (χ3v) is 6.19. The van der Waals surface area contributed by atoms with Crippen molar-refractivity contribution in [2.75, 3.05) is 13.6 Å². The normalized spacial score (nSPS) is 11.3. The van der Waals surface area contributed by atoms with Crippen molar-refractivity contribution in [3.05, 3.63) is 76.4 Å². The number of imidazole rings is 1. The summed E-state index contributed by atoms with van der Waals surface area (Å²) in [6, 6.07) is 14.4. The van der Waals surface area contributed by atoms with E-state index in [0.29, 0.717) is 13.1 Å². The standard InChI is InChI=1S/C23H28N8S.HI/c1-17-28-29-22(31(17)3)15-26-23(24-12-11-19-10-7-13-32-19)30(2)16-21-25-14-20(27-21)18-8-5-4-6-9-18;/h4-10,13-14H,11-12,15-16H2,1-3H3,(H,24,26)(H,25,27);1H. The van der Waals surface area contributed by atoms with E-state index in [-0.39, 0.29) is 24.0 Å². The summed E-state index contributed by atoms with van der Waals surface area (Å²) in [6.07, 6.45) is 2.83. The number of guanidine groups is 1. The molecule has 4 rings (SSSR count). The molecule has 1 aromatic carbocycles. The van der Waals surface area contributed by atoms with E-state index in [1.54, 1.807) is 11.3 Å². The smallest absolute Gasteiger partial charge is 0.194 e. The van der Waals surface area contributed by atoms with Crippen molar-refractivity contribution < 1.29 is 0 Å². The summed E-state index contributed by atoms with van der Waals surface area (Å²) in [4.78, 5) is 16.2. The van der Waals surface area contributed by atoms with Crippen LogP contribution in [-0.4, -0.2) is 49.2 Å². The van der Waals surface area contributed by atoms with Gasteiger partial charge in [0.2, 0.25) is 0 Å². The summed E-state index contributed by atoms with van der Waals surface area (Å²) in [5, 5.41) is 14.0. The molecule has 2 N–H and O–H groups in total. The van der Waals surface area contributed by atoms with E-state index >= 15 is 0 Å². The minimum absolute atomic E-state index is 0. The fourth-order valence-electron chi connectivity index (χ4n) is 3.30. The fourth-order valence-corrected chi connectivity index (χ4v) is 4.01. The highest BCUT2D eigenvalue weighted by molar-refractivity contribution is 14.0. The van der Waals surface area contributed by atoms with Crippen molar-refractivity contribution >= 4 is 41.3 Å². The third kappa shape index (κ3) is 6.64. The van der Waals surface area contributed by atoms with Gasteiger partial charge in [-0.25, -0.2) is 9.98 Å². The van der Waals surface area contributed by atoms with Gasteiger partial charge in [0, 0.05) is 25.5 Å². The van der Waals surface area contributed by atoms with Crippen LogP contribution in [-0.2, 0) is 26.6 Å². The zero-order valence-corrected chi connectivity index (χ0v) is 22.2. The number of H-pyrrole nitrogens is 1. The molecular weight excluding hydrogens is 547 g/mol. The zero-order valence-electron chi connectivity index (χ0n) is 19.0. The van der Waals surface area contributed by atoms with Crippen LogP contribution in [0.5, 0.6) is 0 Å². The van der Waals surface area contributed by atoms with Crippen LogP contribution in [0.25, 0.3) is 11.3 Å². The fraction of sp³-hybridized carbons (Fsp3) is 0.304. The predicted molar refractivity (Wildman–Crippen MR) is 144 cm³/mol. The molecule has 10 heteroatoms. The van der Waals surface area contributed by atoms with Gasteiger partial charge in [-0.05, 0) is 30.4 Å². The molecule has 174 valence electrons. The first-order chi connectivity index (χ1) is 15.6. The van der Waals surface area contributed by atoms with Crippen LogP contribution >= 0.6 is 35.3 Å². The number of aromatic nitrogens is 5. The second-order valence-corrected chi connectivity index (χ2v) is 8.62. The van der Waals surface area contributed by atoms with Crippen LogP contribution in [0.3, 0.4) is 0 Å². The van der Waals surface area contributed by atoms with Crippen molar-refractivity contribution in [2.24, 2.45) is 12.0 Å². The number of benzene rings is 1. The number of aromatic amines is 1. The van der Waals surface area contributed by atoms with Crippen LogP contribution in [0.4, 0.5) is 0 Å². The molecule has 0 aliphatic rings. The topological polar surface area (TPSA) is 87.0 Å². The molecule has 0 atom stereocenters. The average Bonchev–Trinajstić information content (AvgIpc) is 3.55. The lowest BCUT2D eigenvalue weighted by atomic mass is 10.2. The maximum Gasteiger partial charge on any atom is 0.194 e. The number of nitrogens with zero attached hydrogens (tertiary/aromatic N) is 6. The summed E-state index contributed by atoms with van der Waals surface area (Å²) in [6.45, 7) is 3.80. The van der Waals surface area contributed by atoms with Crippen LogP contribution in [0, 0.1) is 6.92 Å². The van der Waals surface area contributed by atoms with Crippen molar-refractivity contribution in [2.45, 2.75) is 26.4 Å². The average molecular weight is 577 g/mol. The molecule has 0 aliphatic heterocycles. The lowest BCUT2D eigenvalue weighted by Crippen LogP contribution is -2.39. The molecule has 0 unspecified atom stereocenters. The van der Waals surface area contributed by atoms with E-state index in [1.165, 1.54) is 4.88 Å². The highest BCUT2D eigenvalue weighted by atomic mass is 127. The molecule has 4 aromatic rings. The highest BCUT2D eigenvalue weighted by Gasteiger charge is 2.12. The first kappa shape index (κ1) is 24.9. The molecule has 3 aromatic heterocycles. The number of hydrogen-bond donors (Lipinski definition) is 2. The number of hydrogen-bond acceptors (Lipinski definition) is 5. The van der Waals surface area contributed by atoms with Crippen molar-refractivity contribution in [3.63, 3.8) is 0 Å². The van der Waals surface area contributed by atoms with Gasteiger partial charge in [-0.3, -0.25) is 0 Å². The number of nitrogens with one attached hydrogen (secondary N) is 2. The van der Waals surface area contributed by atoms with Gasteiger partial charge in [0.25, 0.3) is 0 Å². The maximum atomic E-state index is 4.82. The van der Waals surface area contributed by atoms with Gasteiger partial charge in [-0.1, -0.05) is 36.4 Å². The Labute approximate surface area is 215 Å². The van der Waals surface area contributed by atoms with E-state index < -0.39 is 0 Å². The van der Waals surface area contributed by atoms with Gasteiger partial charge in [-0.15, -0.1) is 45.5 Å². The van der Waals surface area contributed by atoms with E-state index in [2.05, 4.69) is 60.0 Å². The lowest BCUT2D eigenvalue weighted by Gasteiger charge is -2.21. The van der Waals surface area contributed by atoms with Gasteiger partial charge in [-0.2, -0.15) is 0 Å². The van der Waals surface area contributed by atoms with E-state index in [1.807, 2.05) is 50.0 Å². The third-order valence-electron chi connectivity index (χ3n) is 5.25. The Bertz CT molecular complexity index is 1150. The Morgan fingerprint density at radius 1 is 1.18 bits per heavy atom. The molecular formula is C23H29IN8S. The second kappa shape index (κ2) is 11.9. The van der Waals surface area contributed by atoms with Crippen LogP contribution in [0.1, 0.15) is 22.4 Å². The Hall–Kier alpha value is -2.73. The minimum Gasteiger partial charge on any atom is -0.356 e. The van der Waals surface area contributed by atoms with Crippen molar-refractivity contribution in [3.8, 4) is 11.3 Å². The Morgan fingerprint density at radius 3 is 2.70 bits per heavy atom. The predicted octanol–water partition coefficient (Wildman–Crippen LogP) is 4.01. The molecule has 3 heterocycles. The molecule has 0 saturated heterocycles. The van der Waals surface area contributed by atoms with Crippen LogP contribution in [0.2, 0.25) is 0 Å². The summed E-state index contributed by atoms with van der Waals surface area (Å²) >= 11 is 1.77. The largest absolute Gasteiger partial charge is 0.356 e. The number of aliphatic imine (C=N–C) groups is 1. The second-order valence-electron chi connectivity index (χ2n) is 7.58. The Kier molecular flexibility index (Phi) is 9.01. The molecule has 8 nitrogen and oxygen atoms in total. The summed E-state index contributed by atoms with van der Waals surface area (Å²) < 4.78 is 1.96. The number of thiophene rings is 1. The molecule has 0 amide bonds. The van der Waals surface area contributed by atoms with E-state index in [0.717, 1.165) is 47.7 Å². The van der Waals surface area contributed by atoms with E-state index in [9.17, 15) is 0 Å². The first-order valence-electron chi connectivity index (χ1n) is 10.6. The monoisotopic (exact) mass is 576 g/mol. The summed E-state index contributed by atoms with van der Waals surface area (Å²) in [5.74, 6) is 3.39. The Balaban J connectivity index is 0.00000306. The van der Waals surface area contributed by atoms with E-state index in [4.69, 9.17) is 4.99 Å². The number of halogens is 1. The summed E-state index contributed by atoms with van der Waals surface area (Å²) in [7, 11) is 3.98. The zero-order chi connectivity index (χ0) is 22.3. The van der Waals surface area contributed by atoms with Crippen LogP contribution in [0.15, 0.2) is 59.0 Å². The van der Waals surface area contributed by atoms with Crippen molar-refractivity contribution in [1.29, 1.82) is 0 Å². The highest BCUT2D eigenvalue weighted by Crippen LogP contribution is 2.16. The molecule has 0 saturated carbocycles. The van der Waals surface area contributed by atoms with Gasteiger partial charge in [0.15, 0.2) is 11.8 Å². The van der Waals surface area contributed by atoms with Crippen molar-refractivity contribution in [1.82, 2.24) is 34.9 Å². The molecule has 33 heavy (non-hydrogen) atoms. The SMILES string of the molecule is Cc1nnc(CN=C(NCCc2cccs2)N(C)Cc2ncc(-c3ccccc3)[nH]2)n1C.I.